The fraction of sp³-hybridized carbons (Fsp3) is 0.826. The lowest BCUT2D eigenvalue weighted by Crippen LogP contribution is -2.52. The normalized spacial score (nSPS) is 22.3. The van der Waals surface area contributed by atoms with Crippen molar-refractivity contribution in [3.63, 3.8) is 0 Å². The predicted octanol–water partition coefficient (Wildman–Crippen LogP) is 1.80. The Morgan fingerprint density at radius 3 is 2.03 bits per heavy atom. The number of rotatable bonds is 10. The highest BCUT2D eigenvalue weighted by atomic mass is 16.6. The number of hydrogen-bond donors (Lipinski definition) is 5. The molecule has 0 heterocycles. The quantitative estimate of drug-likeness (QED) is 0.325. The maximum atomic E-state index is 12.8. The average molecular weight is 472 g/mol. The fourth-order valence-corrected chi connectivity index (χ4v) is 3.78. The largest absolute Gasteiger partial charge is 0.480 e. The summed E-state index contributed by atoms with van der Waals surface area (Å²) in [6, 6.07) is -2.04. The van der Waals surface area contributed by atoms with E-state index in [2.05, 4.69) is 16.0 Å². The van der Waals surface area contributed by atoms with Crippen molar-refractivity contribution in [1.29, 1.82) is 0 Å². The number of hydrogen-bond acceptors (Lipinski definition) is 6. The van der Waals surface area contributed by atoms with E-state index in [4.69, 9.17) is 9.84 Å². The maximum Gasteiger partial charge on any atom is 0.408 e. The summed E-state index contributed by atoms with van der Waals surface area (Å²) in [4.78, 5) is 48.5. The number of carbonyl (C=O) groups excluding carboxylic acids is 3. The van der Waals surface area contributed by atoms with E-state index >= 15 is 0 Å². The van der Waals surface area contributed by atoms with Gasteiger partial charge in [0.05, 0.1) is 6.10 Å². The van der Waals surface area contributed by atoms with Crippen LogP contribution in [-0.4, -0.2) is 64.4 Å². The molecule has 1 rings (SSSR count). The summed E-state index contributed by atoms with van der Waals surface area (Å²) in [5, 5.41) is 26.7. The zero-order valence-corrected chi connectivity index (χ0v) is 20.6. The lowest BCUT2D eigenvalue weighted by atomic mass is 9.81. The summed E-state index contributed by atoms with van der Waals surface area (Å²) in [6.07, 6.45) is 1.44. The molecule has 3 amide bonds. The number of aliphatic hydroxyl groups excluding tert-OH is 1. The molecular formula is C23H41N3O7. The van der Waals surface area contributed by atoms with Crippen LogP contribution >= 0.6 is 0 Å². The van der Waals surface area contributed by atoms with Gasteiger partial charge in [-0.1, -0.05) is 20.3 Å². The number of amides is 3. The van der Waals surface area contributed by atoms with Gasteiger partial charge in [-0.15, -0.1) is 0 Å². The Hall–Kier alpha value is -2.36. The van der Waals surface area contributed by atoms with Crippen LogP contribution in [0.1, 0.15) is 73.6 Å². The number of nitrogens with one attached hydrogen (secondary N) is 3. The average Bonchev–Trinajstić information content (AvgIpc) is 2.72. The highest BCUT2D eigenvalue weighted by Gasteiger charge is 2.32. The molecule has 0 spiro atoms. The van der Waals surface area contributed by atoms with Crippen LogP contribution in [0.4, 0.5) is 4.79 Å². The third kappa shape index (κ3) is 9.98. The summed E-state index contributed by atoms with van der Waals surface area (Å²) in [7, 11) is 0. The first-order valence-electron chi connectivity index (χ1n) is 11.7. The van der Waals surface area contributed by atoms with Crippen molar-refractivity contribution >= 4 is 23.9 Å². The van der Waals surface area contributed by atoms with Crippen molar-refractivity contribution < 1.29 is 34.1 Å². The standard InChI is InChI=1S/C23H41N3O7/c1-7-13(2)17(26-22(32)33-23(4,5)6)20(29)24-12-15-8-10-16(11-9-15)19(28)25-18(14(3)27)21(30)31/h13-18,27H,7-12H2,1-6H3,(H,24,29)(H,25,28)(H,26,32)(H,30,31)/t13-,14+,15?,16?,17-,18+/m0/s1. The van der Waals surface area contributed by atoms with E-state index in [1.807, 2.05) is 13.8 Å². The Labute approximate surface area is 196 Å². The first-order chi connectivity index (χ1) is 15.2. The molecule has 0 aromatic carbocycles. The first-order valence-corrected chi connectivity index (χ1v) is 11.7. The molecule has 0 unspecified atom stereocenters. The van der Waals surface area contributed by atoms with Gasteiger partial charge in [0.15, 0.2) is 6.04 Å². The maximum absolute atomic E-state index is 12.8. The summed E-state index contributed by atoms with van der Waals surface area (Å²) in [6.45, 7) is 10.9. The lowest BCUT2D eigenvalue weighted by Gasteiger charge is -2.30. The van der Waals surface area contributed by atoms with Gasteiger partial charge in [0, 0.05) is 12.5 Å². The van der Waals surface area contributed by atoms with Crippen LogP contribution < -0.4 is 16.0 Å². The number of aliphatic carboxylic acids is 1. The zero-order chi connectivity index (χ0) is 25.3. The smallest absolute Gasteiger partial charge is 0.408 e. The van der Waals surface area contributed by atoms with E-state index < -0.39 is 35.9 Å². The van der Waals surface area contributed by atoms with Crippen molar-refractivity contribution in [2.75, 3.05) is 6.54 Å². The monoisotopic (exact) mass is 471 g/mol. The van der Waals surface area contributed by atoms with E-state index in [0.29, 0.717) is 38.6 Å². The van der Waals surface area contributed by atoms with E-state index in [-0.39, 0.29) is 29.6 Å². The Balaban J connectivity index is 2.55. The minimum atomic E-state index is -1.33. The lowest BCUT2D eigenvalue weighted by molar-refractivity contribution is -0.145. The Bertz CT molecular complexity index is 682. The van der Waals surface area contributed by atoms with Crippen molar-refractivity contribution in [1.82, 2.24) is 16.0 Å². The first kappa shape index (κ1) is 28.7. The molecule has 1 saturated carbocycles. The minimum absolute atomic E-state index is 0.0759. The van der Waals surface area contributed by atoms with E-state index in [1.54, 1.807) is 20.8 Å². The van der Waals surface area contributed by atoms with Crippen LogP contribution in [0.3, 0.4) is 0 Å². The molecule has 0 bridgehead atoms. The van der Waals surface area contributed by atoms with Gasteiger partial charge in [-0.2, -0.15) is 0 Å². The number of ether oxygens (including phenoxy) is 1. The van der Waals surface area contributed by atoms with Gasteiger partial charge >= 0.3 is 12.1 Å². The number of carbonyl (C=O) groups is 4. The Kier molecular flexibility index (Phi) is 11.1. The van der Waals surface area contributed by atoms with Crippen molar-refractivity contribution in [2.24, 2.45) is 17.8 Å². The molecular weight excluding hydrogens is 430 g/mol. The van der Waals surface area contributed by atoms with Gasteiger partial charge in [0.25, 0.3) is 0 Å². The molecule has 1 fully saturated rings. The molecule has 33 heavy (non-hydrogen) atoms. The predicted molar refractivity (Wildman–Crippen MR) is 122 cm³/mol. The molecule has 1 aliphatic rings. The summed E-state index contributed by atoms with van der Waals surface area (Å²) in [5.74, 6) is -2.12. The molecule has 4 atom stereocenters. The Morgan fingerprint density at radius 2 is 1.58 bits per heavy atom. The van der Waals surface area contributed by atoms with Crippen LogP contribution in [0.2, 0.25) is 0 Å². The van der Waals surface area contributed by atoms with Crippen LogP contribution in [0.5, 0.6) is 0 Å². The molecule has 0 aliphatic heterocycles. The van der Waals surface area contributed by atoms with Crippen molar-refractivity contribution in [3.05, 3.63) is 0 Å². The molecule has 0 aromatic heterocycles. The second-order valence-electron chi connectivity index (χ2n) is 10.0. The molecule has 5 N–H and O–H groups in total. The molecule has 10 heteroatoms. The molecule has 10 nitrogen and oxygen atoms in total. The van der Waals surface area contributed by atoms with E-state index in [1.165, 1.54) is 6.92 Å². The second-order valence-corrected chi connectivity index (χ2v) is 10.0. The third-order valence-electron chi connectivity index (χ3n) is 6.00. The van der Waals surface area contributed by atoms with E-state index in [0.717, 1.165) is 0 Å². The molecule has 190 valence electrons. The topological polar surface area (TPSA) is 154 Å². The molecule has 0 aromatic rings. The SMILES string of the molecule is CC[C@H](C)[C@H](NC(=O)OC(C)(C)C)C(=O)NCC1CCC(C(=O)N[C@@H](C(=O)O)[C@@H](C)O)CC1. The highest BCUT2D eigenvalue weighted by molar-refractivity contribution is 5.86. The second kappa shape index (κ2) is 12.8. The number of carboxylic acids is 1. The summed E-state index contributed by atoms with van der Waals surface area (Å²) < 4.78 is 5.28. The van der Waals surface area contributed by atoms with Crippen LogP contribution in [0.15, 0.2) is 0 Å². The number of carboxylic acid groups (broad SMARTS) is 1. The minimum Gasteiger partial charge on any atom is -0.480 e. The van der Waals surface area contributed by atoms with Crippen LogP contribution in [0.25, 0.3) is 0 Å². The van der Waals surface area contributed by atoms with Gasteiger partial charge in [-0.3, -0.25) is 9.59 Å². The highest BCUT2D eigenvalue weighted by Crippen LogP contribution is 2.28. The Morgan fingerprint density at radius 1 is 1.00 bits per heavy atom. The van der Waals surface area contributed by atoms with Gasteiger partial charge in [-0.05, 0) is 65.2 Å². The number of alkyl carbamates (subject to hydrolysis) is 1. The molecule has 0 radical (unpaired) electrons. The number of aliphatic hydroxyl groups is 1. The van der Waals surface area contributed by atoms with Crippen LogP contribution in [-0.2, 0) is 19.1 Å². The van der Waals surface area contributed by atoms with Crippen LogP contribution in [0, 0.1) is 17.8 Å². The van der Waals surface area contributed by atoms with Gasteiger partial charge in [0.2, 0.25) is 11.8 Å². The van der Waals surface area contributed by atoms with Gasteiger partial charge in [-0.25, -0.2) is 9.59 Å². The molecule has 0 saturated heterocycles. The fourth-order valence-electron chi connectivity index (χ4n) is 3.78. The van der Waals surface area contributed by atoms with Gasteiger partial charge < -0.3 is 30.9 Å². The molecule has 1 aliphatic carbocycles. The van der Waals surface area contributed by atoms with Crippen molar-refractivity contribution in [3.8, 4) is 0 Å². The third-order valence-corrected chi connectivity index (χ3v) is 6.00. The zero-order valence-electron chi connectivity index (χ0n) is 20.6. The van der Waals surface area contributed by atoms with Gasteiger partial charge in [0.1, 0.15) is 11.6 Å². The summed E-state index contributed by atoms with van der Waals surface area (Å²) >= 11 is 0. The summed E-state index contributed by atoms with van der Waals surface area (Å²) in [5.41, 5.74) is -0.662. The van der Waals surface area contributed by atoms with Crippen molar-refractivity contribution in [2.45, 2.75) is 97.4 Å². The van der Waals surface area contributed by atoms with E-state index in [9.17, 15) is 24.3 Å².